The van der Waals surface area contributed by atoms with E-state index in [0.717, 1.165) is 11.1 Å². The summed E-state index contributed by atoms with van der Waals surface area (Å²) in [7, 11) is 2.91. The molecule has 6 nitrogen and oxygen atoms in total. The molecule has 3 rings (SSSR count). The minimum absolute atomic E-state index is 0.122. The van der Waals surface area contributed by atoms with Gasteiger partial charge >= 0.3 is 5.69 Å². The number of hydrogen-bond donors (Lipinski definition) is 1. The maximum Gasteiger partial charge on any atom is 0.315 e. The molecule has 0 spiro atoms. The van der Waals surface area contributed by atoms with Crippen molar-refractivity contribution >= 4 is 16.6 Å². The molecular weight excluding hydrogens is 284 g/mol. The van der Waals surface area contributed by atoms with Gasteiger partial charge in [-0.25, -0.2) is 0 Å². The number of nitro groups is 1. The van der Waals surface area contributed by atoms with Crippen molar-refractivity contribution in [3.05, 3.63) is 52.7 Å². The number of benzene rings is 2. The molecule has 0 aliphatic carbocycles. The maximum atomic E-state index is 11.3. The summed E-state index contributed by atoms with van der Waals surface area (Å²) in [6.07, 6.45) is 1.80. The first kappa shape index (κ1) is 13.9. The number of methoxy groups -OCH3 is 2. The molecule has 112 valence electrons. The van der Waals surface area contributed by atoms with Crippen molar-refractivity contribution in [2.75, 3.05) is 14.2 Å². The van der Waals surface area contributed by atoms with Crippen LogP contribution in [0.25, 0.3) is 22.0 Å². The summed E-state index contributed by atoms with van der Waals surface area (Å²) in [4.78, 5) is 14.0. The van der Waals surface area contributed by atoms with Gasteiger partial charge in [-0.05, 0) is 5.56 Å². The predicted molar refractivity (Wildman–Crippen MR) is 83.5 cm³/mol. The van der Waals surface area contributed by atoms with Crippen molar-refractivity contribution in [2.24, 2.45) is 0 Å². The van der Waals surface area contributed by atoms with Crippen molar-refractivity contribution in [3.8, 4) is 22.6 Å². The standard InChI is InChI=1S/C16H14N2O4/c1-21-13-8-12(18(19)20)16(22-2)14-11(9-17-15(13)14)10-6-4-3-5-7-10/h3-9,17H,1-2H3. The molecule has 0 aliphatic heterocycles. The highest BCUT2D eigenvalue weighted by atomic mass is 16.6. The number of nitrogens with zero attached hydrogens (tertiary/aromatic N) is 1. The molecule has 0 unspecified atom stereocenters. The van der Waals surface area contributed by atoms with Gasteiger partial charge in [-0.1, -0.05) is 30.3 Å². The Morgan fingerprint density at radius 2 is 1.86 bits per heavy atom. The summed E-state index contributed by atoms with van der Waals surface area (Å²) in [5.41, 5.74) is 2.32. The second kappa shape index (κ2) is 5.40. The SMILES string of the molecule is COc1cc([N+](=O)[O-])c(OC)c2c(-c3ccccc3)c[nH]c12. The monoisotopic (exact) mass is 298 g/mol. The van der Waals surface area contributed by atoms with Crippen LogP contribution >= 0.6 is 0 Å². The van der Waals surface area contributed by atoms with Crippen LogP contribution in [0.4, 0.5) is 5.69 Å². The van der Waals surface area contributed by atoms with Gasteiger partial charge in [-0.3, -0.25) is 10.1 Å². The third kappa shape index (κ3) is 2.05. The first-order valence-electron chi connectivity index (χ1n) is 6.63. The van der Waals surface area contributed by atoms with Crippen molar-refractivity contribution in [1.29, 1.82) is 0 Å². The van der Waals surface area contributed by atoms with Crippen molar-refractivity contribution in [2.45, 2.75) is 0 Å². The molecule has 0 radical (unpaired) electrons. The molecule has 1 heterocycles. The maximum absolute atomic E-state index is 11.3. The average Bonchev–Trinajstić information content (AvgIpc) is 2.99. The Morgan fingerprint density at radius 1 is 1.14 bits per heavy atom. The van der Waals surface area contributed by atoms with E-state index < -0.39 is 4.92 Å². The fourth-order valence-electron chi connectivity index (χ4n) is 2.59. The van der Waals surface area contributed by atoms with E-state index >= 15 is 0 Å². The molecule has 0 atom stereocenters. The van der Waals surface area contributed by atoms with E-state index in [1.807, 2.05) is 30.3 Å². The van der Waals surface area contributed by atoms with Crippen LogP contribution in [-0.4, -0.2) is 24.1 Å². The van der Waals surface area contributed by atoms with Gasteiger partial charge in [0, 0.05) is 11.8 Å². The normalized spacial score (nSPS) is 10.6. The number of rotatable bonds is 4. The number of hydrogen-bond acceptors (Lipinski definition) is 4. The Bertz CT molecular complexity index is 840. The highest BCUT2D eigenvalue weighted by Crippen LogP contribution is 2.45. The van der Waals surface area contributed by atoms with Crippen molar-refractivity contribution in [3.63, 3.8) is 0 Å². The lowest BCUT2D eigenvalue weighted by molar-refractivity contribution is -0.385. The first-order chi connectivity index (χ1) is 10.7. The average molecular weight is 298 g/mol. The largest absolute Gasteiger partial charge is 0.494 e. The number of nitro benzene ring substituents is 1. The Balaban J connectivity index is 2.42. The van der Waals surface area contributed by atoms with Gasteiger partial charge in [0.15, 0.2) is 0 Å². The van der Waals surface area contributed by atoms with E-state index in [1.165, 1.54) is 20.3 Å². The van der Waals surface area contributed by atoms with Crippen LogP contribution in [0.2, 0.25) is 0 Å². The summed E-state index contributed by atoms with van der Waals surface area (Å²) in [5, 5.41) is 12.0. The zero-order valence-electron chi connectivity index (χ0n) is 12.1. The molecule has 6 heteroatoms. The second-order valence-electron chi connectivity index (χ2n) is 4.71. The molecule has 0 saturated carbocycles. The fraction of sp³-hybridized carbons (Fsp3) is 0.125. The summed E-state index contributed by atoms with van der Waals surface area (Å²) >= 11 is 0. The topological polar surface area (TPSA) is 77.4 Å². The van der Waals surface area contributed by atoms with Gasteiger partial charge in [0.25, 0.3) is 0 Å². The molecule has 0 fully saturated rings. The van der Waals surface area contributed by atoms with Gasteiger partial charge < -0.3 is 14.5 Å². The zero-order chi connectivity index (χ0) is 15.7. The van der Waals surface area contributed by atoms with E-state index in [-0.39, 0.29) is 11.4 Å². The number of H-pyrrole nitrogens is 1. The summed E-state index contributed by atoms with van der Waals surface area (Å²) < 4.78 is 10.6. The summed E-state index contributed by atoms with van der Waals surface area (Å²) in [6.45, 7) is 0. The van der Waals surface area contributed by atoms with Gasteiger partial charge in [-0.15, -0.1) is 0 Å². The van der Waals surface area contributed by atoms with Crippen LogP contribution in [0, 0.1) is 10.1 Å². The lowest BCUT2D eigenvalue weighted by Crippen LogP contribution is -1.96. The molecule has 0 amide bonds. The molecule has 1 aromatic heterocycles. The molecule has 1 N–H and O–H groups in total. The third-order valence-corrected chi connectivity index (χ3v) is 3.56. The molecule has 2 aromatic carbocycles. The smallest absolute Gasteiger partial charge is 0.315 e. The van der Waals surface area contributed by atoms with Gasteiger partial charge in [0.1, 0.15) is 5.75 Å². The van der Waals surface area contributed by atoms with E-state index in [4.69, 9.17) is 9.47 Å². The number of ether oxygens (including phenoxy) is 2. The van der Waals surface area contributed by atoms with Crippen molar-refractivity contribution < 1.29 is 14.4 Å². The van der Waals surface area contributed by atoms with Crippen LogP contribution in [0.15, 0.2) is 42.6 Å². The van der Waals surface area contributed by atoms with Crippen LogP contribution in [0.5, 0.6) is 11.5 Å². The van der Waals surface area contributed by atoms with Crippen LogP contribution < -0.4 is 9.47 Å². The molecular formula is C16H14N2O4. The second-order valence-corrected chi connectivity index (χ2v) is 4.71. The quantitative estimate of drug-likeness (QED) is 0.587. The van der Waals surface area contributed by atoms with Crippen molar-refractivity contribution in [1.82, 2.24) is 4.98 Å². The highest BCUT2D eigenvalue weighted by molar-refractivity contribution is 6.05. The molecule has 0 bridgehead atoms. The lowest BCUT2D eigenvalue weighted by atomic mass is 10.0. The van der Waals surface area contributed by atoms with Gasteiger partial charge in [0.05, 0.1) is 36.1 Å². The van der Waals surface area contributed by atoms with Crippen LogP contribution in [0.3, 0.4) is 0 Å². The predicted octanol–water partition coefficient (Wildman–Crippen LogP) is 3.76. The summed E-state index contributed by atoms with van der Waals surface area (Å²) in [5.74, 6) is 0.630. The van der Waals surface area contributed by atoms with E-state index in [9.17, 15) is 10.1 Å². The fourth-order valence-corrected chi connectivity index (χ4v) is 2.59. The number of nitrogens with one attached hydrogen (secondary N) is 1. The highest BCUT2D eigenvalue weighted by Gasteiger charge is 2.25. The molecule has 0 aliphatic rings. The van der Waals surface area contributed by atoms with E-state index in [2.05, 4.69) is 4.98 Å². The van der Waals surface area contributed by atoms with Gasteiger partial charge in [-0.2, -0.15) is 0 Å². The van der Waals surface area contributed by atoms with E-state index in [0.29, 0.717) is 16.7 Å². The zero-order valence-corrected chi connectivity index (χ0v) is 12.1. The molecule has 0 saturated heterocycles. The summed E-state index contributed by atoms with van der Waals surface area (Å²) in [6, 6.07) is 11.0. The van der Waals surface area contributed by atoms with Crippen LogP contribution in [0.1, 0.15) is 0 Å². The Kier molecular flexibility index (Phi) is 3.42. The Morgan fingerprint density at radius 3 is 2.45 bits per heavy atom. The first-order valence-corrected chi connectivity index (χ1v) is 6.63. The minimum atomic E-state index is -0.470. The van der Waals surface area contributed by atoms with Gasteiger partial charge in [0.2, 0.25) is 5.75 Å². The minimum Gasteiger partial charge on any atom is -0.494 e. The lowest BCUT2D eigenvalue weighted by Gasteiger charge is -2.09. The molecule has 22 heavy (non-hydrogen) atoms. The number of aromatic amines is 1. The number of aromatic nitrogens is 1. The van der Waals surface area contributed by atoms with Crippen LogP contribution in [-0.2, 0) is 0 Å². The Labute approximate surface area is 126 Å². The third-order valence-electron chi connectivity index (χ3n) is 3.56. The molecule has 3 aromatic rings. The van der Waals surface area contributed by atoms with E-state index in [1.54, 1.807) is 6.20 Å². The number of fused-ring (bicyclic) bond motifs is 1. The Hall–Kier alpha value is -3.02.